The van der Waals surface area contributed by atoms with Crippen LogP contribution in [0, 0.1) is 0 Å². The van der Waals surface area contributed by atoms with E-state index < -0.39 is 0 Å². The van der Waals surface area contributed by atoms with Crippen LogP contribution in [0.5, 0.6) is 0 Å². The van der Waals surface area contributed by atoms with Gasteiger partial charge in [-0.15, -0.1) is 0 Å². The number of aromatic nitrogens is 2. The third-order valence-corrected chi connectivity index (χ3v) is 3.50. The van der Waals surface area contributed by atoms with Crippen molar-refractivity contribution in [2.75, 3.05) is 0 Å². The number of hydrogen-bond donors (Lipinski definition) is 1. The minimum Gasteiger partial charge on any atom is -0.339 e. The summed E-state index contributed by atoms with van der Waals surface area (Å²) in [5.41, 5.74) is 8.80. The number of nitrogens with zero attached hydrogens (tertiary/aromatic N) is 2. The fourth-order valence-corrected chi connectivity index (χ4v) is 2.26. The lowest BCUT2D eigenvalue weighted by atomic mass is 10.0. The predicted molar refractivity (Wildman–Crippen MR) is 81.9 cm³/mol. The van der Waals surface area contributed by atoms with Gasteiger partial charge in [-0.1, -0.05) is 41.0 Å². The van der Waals surface area contributed by atoms with E-state index in [-0.39, 0.29) is 0 Å². The molecular weight excluding hydrogens is 286 g/mol. The number of rotatable bonds is 4. The zero-order chi connectivity index (χ0) is 14.7. The lowest BCUT2D eigenvalue weighted by Gasteiger charge is -2.03. The van der Waals surface area contributed by atoms with E-state index in [4.69, 9.17) is 21.9 Å². The molecule has 3 rings (SSSR count). The molecule has 0 bridgehead atoms. The maximum atomic E-state index is 5.87. The molecule has 2 aromatic carbocycles. The molecule has 0 amide bonds. The second kappa shape index (κ2) is 6.08. The van der Waals surface area contributed by atoms with E-state index >= 15 is 0 Å². The summed E-state index contributed by atoms with van der Waals surface area (Å²) in [6, 6.07) is 15.3. The van der Waals surface area contributed by atoms with Gasteiger partial charge in [-0.3, -0.25) is 0 Å². The molecule has 0 unspecified atom stereocenters. The Bertz CT molecular complexity index is 737. The van der Waals surface area contributed by atoms with Gasteiger partial charge in [-0.2, -0.15) is 4.98 Å². The van der Waals surface area contributed by atoms with Gasteiger partial charge in [-0.05, 0) is 35.4 Å². The van der Waals surface area contributed by atoms with E-state index in [1.165, 1.54) is 0 Å². The SMILES string of the molecule is NCc1ccccc1Cc1nc(-c2ccc(Cl)cc2)no1. The molecule has 0 aliphatic heterocycles. The Labute approximate surface area is 127 Å². The van der Waals surface area contributed by atoms with Crippen LogP contribution < -0.4 is 5.73 Å². The van der Waals surface area contributed by atoms with Gasteiger partial charge in [0.05, 0.1) is 6.42 Å². The van der Waals surface area contributed by atoms with Crippen molar-refractivity contribution >= 4 is 11.6 Å². The fraction of sp³-hybridized carbons (Fsp3) is 0.125. The van der Waals surface area contributed by atoms with Crippen LogP contribution in [0.1, 0.15) is 17.0 Å². The zero-order valence-electron chi connectivity index (χ0n) is 11.3. The Hall–Kier alpha value is -2.17. The van der Waals surface area contributed by atoms with Crippen molar-refractivity contribution in [3.05, 3.63) is 70.6 Å². The van der Waals surface area contributed by atoms with Crippen molar-refractivity contribution < 1.29 is 4.52 Å². The minimum atomic E-state index is 0.494. The van der Waals surface area contributed by atoms with Gasteiger partial charge < -0.3 is 10.3 Å². The van der Waals surface area contributed by atoms with Gasteiger partial charge in [0.2, 0.25) is 11.7 Å². The molecule has 2 N–H and O–H groups in total. The molecule has 0 spiro atoms. The third-order valence-electron chi connectivity index (χ3n) is 3.25. The summed E-state index contributed by atoms with van der Waals surface area (Å²) < 4.78 is 5.32. The van der Waals surface area contributed by atoms with Crippen LogP contribution in [0.15, 0.2) is 53.1 Å². The first kappa shape index (κ1) is 13.8. The quantitative estimate of drug-likeness (QED) is 0.801. The normalized spacial score (nSPS) is 10.8. The number of nitrogens with two attached hydrogens (primary N) is 1. The molecule has 1 aromatic heterocycles. The molecule has 1 heterocycles. The van der Waals surface area contributed by atoms with E-state index in [1.54, 1.807) is 12.1 Å². The van der Waals surface area contributed by atoms with Crippen LogP contribution in [0.4, 0.5) is 0 Å². The molecule has 0 aliphatic carbocycles. The van der Waals surface area contributed by atoms with Gasteiger partial charge in [0, 0.05) is 17.1 Å². The lowest BCUT2D eigenvalue weighted by Crippen LogP contribution is -2.02. The van der Waals surface area contributed by atoms with Gasteiger partial charge in [0.25, 0.3) is 0 Å². The summed E-state index contributed by atoms with van der Waals surface area (Å²) in [4.78, 5) is 4.42. The number of hydrogen-bond acceptors (Lipinski definition) is 4. The largest absolute Gasteiger partial charge is 0.339 e. The van der Waals surface area contributed by atoms with Gasteiger partial charge in [0.15, 0.2) is 0 Å². The Morgan fingerprint density at radius 1 is 1.00 bits per heavy atom. The first-order chi connectivity index (χ1) is 10.3. The molecule has 0 fully saturated rings. The standard InChI is InChI=1S/C16H14ClN3O/c17-14-7-5-11(6-8-14)16-19-15(21-20-16)9-12-3-1-2-4-13(12)10-18/h1-8H,9-10,18H2. The van der Waals surface area contributed by atoms with Crippen LogP contribution in [-0.4, -0.2) is 10.1 Å². The molecule has 0 radical (unpaired) electrons. The average Bonchev–Trinajstić information content (AvgIpc) is 2.97. The van der Waals surface area contributed by atoms with Crippen molar-refractivity contribution in [3.8, 4) is 11.4 Å². The van der Waals surface area contributed by atoms with Crippen molar-refractivity contribution in [1.82, 2.24) is 10.1 Å². The zero-order valence-corrected chi connectivity index (χ0v) is 12.0. The monoisotopic (exact) mass is 299 g/mol. The summed E-state index contributed by atoms with van der Waals surface area (Å²) in [6.45, 7) is 0.494. The highest BCUT2D eigenvalue weighted by molar-refractivity contribution is 6.30. The molecule has 0 atom stereocenters. The van der Waals surface area contributed by atoms with Gasteiger partial charge in [-0.25, -0.2) is 0 Å². The Balaban J connectivity index is 1.83. The first-order valence-corrected chi connectivity index (χ1v) is 6.99. The Morgan fingerprint density at radius 2 is 1.71 bits per heavy atom. The van der Waals surface area contributed by atoms with E-state index in [9.17, 15) is 0 Å². The fourth-order valence-electron chi connectivity index (χ4n) is 2.13. The third kappa shape index (κ3) is 3.12. The second-order valence-corrected chi connectivity index (χ2v) is 5.10. The Kier molecular flexibility index (Phi) is 3.99. The summed E-state index contributed by atoms with van der Waals surface area (Å²) in [5.74, 6) is 1.13. The van der Waals surface area contributed by atoms with Crippen LogP contribution >= 0.6 is 11.6 Å². The summed E-state index contributed by atoms with van der Waals surface area (Å²) in [7, 11) is 0. The van der Waals surface area contributed by atoms with Gasteiger partial charge >= 0.3 is 0 Å². The second-order valence-electron chi connectivity index (χ2n) is 4.67. The number of halogens is 1. The van der Waals surface area contributed by atoms with E-state index in [1.807, 2.05) is 36.4 Å². The molecule has 3 aromatic rings. The van der Waals surface area contributed by atoms with Gasteiger partial charge in [0.1, 0.15) is 0 Å². The average molecular weight is 300 g/mol. The first-order valence-electron chi connectivity index (χ1n) is 6.61. The van der Waals surface area contributed by atoms with Crippen LogP contribution in [0.3, 0.4) is 0 Å². The lowest BCUT2D eigenvalue weighted by molar-refractivity contribution is 0.385. The summed E-state index contributed by atoms with van der Waals surface area (Å²) in [5, 5.41) is 4.69. The number of benzene rings is 2. The highest BCUT2D eigenvalue weighted by Gasteiger charge is 2.10. The summed E-state index contributed by atoms with van der Waals surface area (Å²) >= 11 is 5.87. The van der Waals surface area contributed by atoms with Crippen LogP contribution in [-0.2, 0) is 13.0 Å². The van der Waals surface area contributed by atoms with E-state index in [0.717, 1.165) is 16.7 Å². The minimum absolute atomic E-state index is 0.494. The molecule has 0 aliphatic rings. The van der Waals surface area contributed by atoms with E-state index in [2.05, 4.69) is 10.1 Å². The van der Waals surface area contributed by atoms with Crippen molar-refractivity contribution in [2.24, 2.45) is 5.73 Å². The van der Waals surface area contributed by atoms with Crippen molar-refractivity contribution in [2.45, 2.75) is 13.0 Å². The van der Waals surface area contributed by atoms with Crippen molar-refractivity contribution in [1.29, 1.82) is 0 Å². The molecule has 5 heteroatoms. The topological polar surface area (TPSA) is 64.9 Å². The maximum absolute atomic E-state index is 5.87. The molecule has 4 nitrogen and oxygen atoms in total. The molecule has 0 saturated heterocycles. The van der Waals surface area contributed by atoms with Crippen molar-refractivity contribution in [3.63, 3.8) is 0 Å². The van der Waals surface area contributed by atoms with Crippen LogP contribution in [0.25, 0.3) is 11.4 Å². The van der Waals surface area contributed by atoms with E-state index in [0.29, 0.717) is 29.7 Å². The molecule has 106 valence electrons. The highest BCUT2D eigenvalue weighted by Crippen LogP contribution is 2.20. The highest BCUT2D eigenvalue weighted by atomic mass is 35.5. The Morgan fingerprint density at radius 3 is 2.43 bits per heavy atom. The molecular formula is C16H14ClN3O. The smallest absolute Gasteiger partial charge is 0.231 e. The van der Waals surface area contributed by atoms with Crippen LogP contribution in [0.2, 0.25) is 5.02 Å². The molecule has 21 heavy (non-hydrogen) atoms. The summed E-state index contributed by atoms with van der Waals surface area (Å²) in [6.07, 6.45) is 0.577. The predicted octanol–water partition coefficient (Wildman–Crippen LogP) is 3.44. The molecule has 0 saturated carbocycles. The maximum Gasteiger partial charge on any atom is 0.231 e.